The molecule has 3 aromatic rings. The Hall–Kier alpha value is -2.69. The van der Waals surface area contributed by atoms with Crippen LogP contribution in [0, 0.1) is 11.6 Å². The standard InChI is InChI=1S/C15H11F2N3/c16-11-3-1-10(2-4-11)14-9-19-20(15(14)18)13-7-5-12(17)6-8-13/h1-9H,18H2. The second-order valence-corrected chi connectivity index (χ2v) is 4.34. The second-order valence-electron chi connectivity index (χ2n) is 4.34. The number of hydrogen-bond acceptors (Lipinski definition) is 2. The van der Waals surface area contributed by atoms with E-state index in [1.165, 1.54) is 28.9 Å². The van der Waals surface area contributed by atoms with Crippen LogP contribution in [0.25, 0.3) is 16.8 Å². The van der Waals surface area contributed by atoms with Gasteiger partial charge in [0.15, 0.2) is 0 Å². The van der Waals surface area contributed by atoms with Gasteiger partial charge in [-0.15, -0.1) is 0 Å². The minimum Gasteiger partial charge on any atom is -0.383 e. The molecule has 1 aromatic heterocycles. The number of rotatable bonds is 2. The van der Waals surface area contributed by atoms with Crippen molar-refractivity contribution in [2.75, 3.05) is 5.73 Å². The van der Waals surface area contributed by atoms with E-state index in [-0.39, 0.29) is 11.6 Å². The van der Waals surface area contributed by atoms with E-state index >= 15 is 0 Å². The Bertz CT molecular complexity index is 668. The van der Waals surface area contributed by atoms with Crippen LogP contribution in [-0.2, 0) is 0 Å². The lowest BCUT2D eigenvalue weighted by molar-refractivity contribution is 0.627. The Morgan fingerprint density at radius 2 is 1.40 bits per heavy atom. The van der Waals surface area contributed by atoms with Crippen molar-refractivity contribution in [3.63, 3.8) is 0 Å². The lowest BCUT2D eigenvalue weighted by atomic mass is 10.1. The van der Waals surface area contributed by atoms with Gasteiger partial charge in [-0.3, -0.25) is 0 Å². The predicted molar refractivity (Wildman–Crippen MR) is 73.3 cm³/mol. The van der Waals surface area contributed by atoms with Gasteiger partial charge in [0.05, 0.1) is 11.9 Å². The third kappa shape index (κ3) is 2.14. The Balaban J connectivity index is 2.04. The SMILES string of the molecule is Nc1c(-c2ccc(F)cc2)cnn1-c1ccc(F)cc1. The zero-order valence-electron chi connectivity index (χ0n) is 10.4. The average Bonchev–Trinajstić information content (AvgIpc) is 2.83. The molecular weight excluding hydrogens is 260 g/mol. The summed E-state index contributed by atoms with van der Waals surface area (Å²) < 4.78 is 27.3. The molecule has 0 saturated carbocycles. The van der Waals surface area contributed by atoms with Crippen LogP contribution in [0.1, 0.15) is 0 Å². The summed E-state index contributed by atoms with van der Waals surface area (Å²) >= 11 is 0. The number of nitrogens with two attached hydrogens (primary N) is 1. The number of benzene rings is 2. The molecule has 0 spiro atoms. The van der Waals surface area contributed by atoms with Crippen LogP contribution in [0.4, 0.5) is 14.6 Å². The lowest BCUT2D eigenvalue weighted by Crippen LogP contribution is -2.02. The Labute approximate surface area is 114 Å². The molecule has 100 valence electrons. The minimum atomic E-state index is -0.321. The Morgan fingerprint density at radius 1 is 0.850 bits per heavy atom. The van der Waals surface area contributed by atoms with Crippen molar-refractivity contribution in [3.05, 3.63) is 66.4 Å². The van der Waals surface area contributed by atoms with Crippen LogP contribution in [0.5, 0.6) is 0 Å². The summed E-state index contributed by atoms with van der Waals surface area (Å²) in [7, 11) is 0. The highest BCUT2D eigenvalue weighted by molar-refractivity contribution is 5.74. The second kappa shape index (κ2) is 4.77. The van der Waals surface area contributed by atoms with Crippen molar-refractivity contribution in [2.45, 2.75) is 0 Å². The first-order valence-corrected chi connectivity index (χ1v) is 6.00. The first-order chi connectivity index (χ1) is 9.65. The normalized spacial score (nSPS) is 10.7. The molecule has 0 saturated heterocycles. The smallest absolute Gasteiger partial charge is 0.135 e. The van der Waals surface area contributed by atoms with E-state index in [1.54, 1.807) is 30.5 Å². The summed E-state index contributed by atoms with van der Waals surface area (Å²) in [6.45, 7) is 0. The van der Waals surface area contributed by atoms with Crippen LogP contribution in [0.15, 0.2) is 54.7 Å². The van der Waals surface area contributed by atoms with Crippen LogP contribution in [0.2, 0.25) is 0 Å². The fourth-order valence-electron chi connectivity index (χ4n) is 2.00. The van der Waals surface area contributed by atoms with Crippen LogP contribution >= 0.6 is 0 Å². The quantitative estimate of drug-likeness (QED) is 0.776. The van der Waals surface area contributed by atoms with Crippen LogP contribution in [0.3, 0.4) is 0 Å². The van der Waals surface area contributed by atoms with E-state index < -0.39 is 0 Å². The number of hydrogen-bond donors (Lipinski definition) is 1. The molecule has 5 heteroatoms. The van der Waals surface area contributed by atoms with E-state index in [9.17, 15) is 8.78 Å². The van der Waals surface area contributed by atoms with Gasteiger partial charge in [-0.1, -0.05) is 12.1 Å². The number of nitrogen functional groups attached to an aromatic ring is 1. The summed E-state index contributed by atoms with van der Waals surface area (Å²) in [5, 5.41) is 4.19. The molecule has 0 radical (unpaired) electrons. The number of aromatic nitrogens is 2. The summed E-state index contributed by atoms with van der Waals surface area (Å²) in [5.74, 6) is -0.209. The lowest BCUT2D eigenvalue weighted by Gasteiger charge is -2.05. The average molecular weight is 271 g/mol. The molecule has 3 rings (SSSR count). The van der Waals surface area contributed by atoms with Gasteiger partial charge in [-0.25, -0.2) is 13.5 Å². The highest BCUT2D eigenvalue weighted by Gasteiger charge is 2.11. The maximum Gasteiger partial charge on any atom is 0.135 e. The first kappa shape index (κ1) is 12.3. The number of nitrogens with zero attached hydrogens (tertiary/aromatic N) is 2. The Morgan fingerprint density at radius 3 is 2.00 bits per heavy atom. The molecule has 20 heavy (non-hydrogen) atoms. The van der Waals surface area contributed by atoms with Crippen LogP contribution in [-0.4, -0.2) is 9.78 Å². The van der Waals surface area contributed by atoms with Crippen LogP contribution < -0.4 is 5.73 Å². The topological polar surface area (TPSA) is 43.8 Å². The highest BCUT2D eigenvalue weighted by atomic mass is 19.1. The predicted octanol–water partition coefficient (Wildman–Crippen LogP) is 3.40. The van der Waals surface area contributed by atoms with Gasteiger partial charge < -0.3 is 5.73 Å². The van der Waals surface area contributed by atoms with E-state index in [2.05, 4.69) is 5.10 Å². The molecule has 0 atom stereocenters. The highest BCUT2D eigenvalue weighted by Crippen LogP contribution is 2.27. The molecule has 0 amide bonds. The molecule has 0 unspecified atom stereocenters. The first-order valence-electron chi connectivity index (χ1n) is 6.00. The Kier molecular flexibility index (Phi) is 2.95. The fraction of sp³-hybridized carbons (Fsp3) is 0. The van der Waals surface area contributed by atoms with Gasteiger partial charge >= 0.3 is 0 Å². The molecule has 1 heterocycles. The summed E-state index contributed by atoms with van der Waals surface area (Å²) in [6, 6.07) is 11.9. The van der Waals surface area contributed by atoms with Crippen molar-refractivity contribution in [2.24, 2.45) is 0 Å². The van der Waals surface area contributed by atoms with Crippen molar-refractivity contribution in [3.8, 4) is 16.8 Å². The molecule has 2 aromatic carbocycles. The monoisotopic (exact) mass is 271 g/mol. The van der Waals surface area contributed by atoms with Gasteiger partial charge in [-0.2, -0.15) is 5.10 Å². The minimum absolute atomic E-state index is 0.307. The molecule has 3 nitrogen and oxygen atoms in total. The van der Waals surface area contributed by atoms with Gasteiger partial charge in [-0.05, 0) is 42.0 Å². The fourth-order valence-corrected chi connectivity index (χ4v) is 2.00. The maximum atomic E-state index is 12.9. The number of anilines is 1. The van der Waals surface area contributed by atoms with Crippen molar-refractivity contribution in [1.29, 1.82) is 0 Å². The van der Waals surface area contributed by atoms with Crippen molar-refractivity contribution < 1.29 is 8.78 Å². The molecule has 0 aliphatic heterocycles. The maximum absolute atomic E-state index is 12.9. The van der Waals surface area contributed by atoms with E-state index in [4.69, 9.17) is 5.73 Å². The van der Waals surface area contributed by atoms with Gasteiger partial charge in [0.2, 0.25) is 0 Å². The van der Waals surface area contributed by atoms with Crippen molar-refractivity contribution >= 4 is 5.82 Å². The zero-order valence-corrected chi connectivity index (χ0v) is 10.4. The summed E-state index contributed by atoms with van der Waals surface area (Å²) in [5.41, 5.74) is 8.20. The molecule has 0 aliphatic rings. The largest absolute Gasteiger partial charge is 0.383 e. The zero-order chi connectivity index (χ0) is 14.1. The van der Waals surface area contributed by atoms with E-state index in [0.717, 1.165) is 5.56 Å². The van der Waals surface area contributed by atoms with Crippen molar-refractivity contribution in [1.82, 2.24) is 9.78 Å². The third-order valence-electron chi connectivity index (χ3n) is 3.03. The third-order valence-corrected chi connectivity index (χ3v) is 3.03. The molecular formula is C15H11F2N3. The summed E-state index contributed by atoms with van der Waals surface area (Å²) in [4.78, 5) is 0. The van der Waals surface area contributed by atoms with E-state index in [0.29, 0.717) is 17.1 Å². The van der Waals surface area contributed by atoms with Gasteiger partial charge in [0.1, 0.15) is 17.5 Å². The van der Waals surface area contributed by atoms with Gasteiger partial charge in [0.25, 0.3) is 0 Å². The van der Waals surface area contributed by atoms with E-state index in [1.807, 2.05) is 0 Å². The molecule has 0 aliphatic carbocycles. The molecule has 2 N–H and O–H groups in total. The van der Waals surface area contributed by atoms with Gasteiger partial charge in [0, 0.05) is 5.56 Å². The summed E-state index contributed by atoms with van der Waals surface area (Å²) in [6.07, 6.45) is 1.60. The molecule has 0 bridgehead atoms. The molecule has 0 fully saturated rings. The number of halogens is 2.